The van der Waals surface area contributed by atoms with Gasteiger partial charge in [-0.15, -0.1) is 0 Å². The van der Waals surface area contributed by atoms with Crippen molar-refractivity contribution in [2.75, 3.05) is 24.5 Å². The Morgan fingerprint density at radius 1 is 1.03 bits per heavy atom. The van der Waals surface area contributed by atoms with Crippen LogP contribution in [0.25, 0.3) is 0 Å². The largest absolute Gasteiger partial charge is 0.487 e. The van der Waals surface area contributed by atoms with Crippen molar-refractivity contribution in [3.63, 3.8) is 0 Å². The Kier molecular flexibility index (Phi) is 6.45. The maximum Gasteiger partial charge on any atom is 0.415 e. The number of anilines is 1. The van der Waals surface area contributed by atoms with Gasteiger partial charge in [-0.3, -0.25) is 14.8 Å². The molecule has 1 amide bonds. The molecule has 0 aliphatic carbocycles. The number of halogens is 1. The molecule has 0 N–H and O–H groups in total. The van der Waals surface area contributed by atoms with Crippen molar-refractivity contribution in [2.24, 2.45) is 0 Å². The second-order valence-corrected chi connectivity index (χ2v) is 9.00. The summed E-state index contributed by atoms with van der Waals surface area (Å²) in [5.41, 5.74) is 2.26. The zero-order chi connectivity index (χ0) is 23.4. The molecule has 2 saturated heterocycles. The molecule has 2 aromatic carbocycles. The van der Waals surface area contributed by atoms with Crippen LogP contribution >= 0.6 is 0 Å². The predicted octanol–water partition coefficient (Wildman–Crippen LogP) is 5.18. The van der Waals surface area contributed by atoms with Gasteiger partial charge in [0.2, 0.25) is 0 Å². The first-order chi connectivity index (χ1) is 16.6. The fourth-order valence-electron chi connectivity index (χ4n) is 4.72. The number of carbonyl (C=O) groups is 1. The Morgan fingerprint density at radius 2 is 1.91 bits per heavy atom. The van der Waals surface area contributed by atoms with Crippen molar-refractivity contribution in [2.45, 2.75) is 38.0 Å². The molecule has 2 fully saturated rings. The third kappa shape index (κ3) is 5.20. The second-order valence-electron chi connectivity index (χ2n) is 9.00. The number of carbonyl (C=O) groups excluding carboxylic acids is 1. The van der Waals surface area contributed by atoms with Crippen LogP contribution < -0.4 is 9.64 Å². The fourth-order valence-corrected chi connectivity index (χ4v) is 4.72. The summed E-state index contributed by atoms with van der Waals surface area (Å²) in [5.74, 6) is 0.511. The van der Waals surface area contributed by atoms with Gasteiger partial charge in [0.05, 0.1) is 12.2 Å². The third-order valence-corrected chi connectivity index (χ3v) is 6.52. The number of hydrogen-bond donors (Lipinski definition) is 0. The Bertz CT molecular complexity index is 1130. The van der Waals surface area contributed by atoms with E-state index in [1.165, 1.54) is 17.7 Å². The summed E-state index contributed by atoms with van der Waals surface area (Å²) in [6, 6.07) is 20.0. The van der Waals surface area contributed by atoms with Gasteiger partial charge in [-0.25, -0.2) is 9.18 Å². The molecule has 0 saturated carbocycles. The van der Waals surface area contributed by atoms with Crippen LogP contribution in [0.2, 0.25) is 0 Å². The molecule has 6 nitrogen and oxygen atoms in total. The van der Waals surface area contributed by atoms with Crippen molar-refractivity contribution in [1.29, 1.82) is 0 Å². The highest BCUT2D eigenvalue weighted by Gasteiger charge is 2.46. The molecule has 0 unspecified atom stereocenters. The SMILES string of the molecule is O=C1O[C@]2(CCCN(Cc3cccc(OCc4ccccn4)c3)CC2)CN1c1ccc(F)cc1. The average Bonchev–Trinajstić information content (AvgIpc) is 3.06. The molecule has 2 aliphatic rings. The highest BCUT2D eigenvalue weighted by molar-refractivity contribution is 5.90. The Morgan fingerprint density at radius 3 is 2.74 bits per heavy atom. The van der Waals surface area contributed by atoms with E-state index in [9.17, 15) is 9.18 Å². The number of hydrogen-bond acceptors (Lipinski definition) is 5. The number of pyridine rings is 1. The highest BCUT2D eigenvalue weighted by Crippen LogP contribution is 2.36. The van der Waals surface area contributed by atoms with Crippen molar-refractivity contribution in [3.05, 3.63) is 90.0 Å². The standard InChI is InChI=1S/C27H28FN3O3/c28-22-8-10-24(11-9-22)31-20-27(34-26(31)32)12-4-15-30(16-13-27)18-21-5-3-7-25(17-21)33-19-23-6-1-2-14-29-23/h1-3,5-11,14,17H,4,12-13,15-16,18-20H2/t27-/m0/s1. The fraction of sp³-hybridized carbons (Fsp3) is 0.333. The first-order valence-corrected chi connectivity index (χ1v) is 11.7. The van der Waals surface area contributed by atoms with Gasteiger partial charge in [-0.05, 0) is 73.5 Å². The molecule has 34 heavy (non-hydrogen) atoms. The summed E-state index contributed by atoms with van der Waals surface area (Å²) in [4.78, 5) is 20.9. The molecule has 5 rings (SSSR count). The minimum Gasteiger partial charge on any atom is -0.487 e. The minimum atomic E-state index is -0.492. The van der Waals surface area contributed by atoms with Gasteiger partial charge >= 0.3 is 6.09 Å². The molecule has 0 bridgehead atoms. The predicted molar refractivity (Wildman–Crippen MR) is 127 cm³/mol. The first-order valence-electron chi connectivity index (χ1n) is 11.7. The molecule has 7 heteroatoms. The van der Waals surface area contributed by atoms with Crippen molar-refractivity contribution in [3.8, 4) is 5.75 Å². The molecular weight excluding hydrogens is 433 g/mol. The molecule has 3 aromatic rings. The summed E-state index contributed by atoms with van der Waals surface area (Å²) in [6.07, 6.45) is 3.95. The van der Waals surface area contributed by atoms with Gasteiger partial charge in [0.25, 0.3) is 0 Å². The van der Waals surface area contributed by atoms with Gasteiger partial charge < -0.3 is 9.47 Å². The molecular formula is C27H28FN3O3. The Balaban J connectivity index is 1.18. The zero-order valence-corrected chi connectivity index (χ0v) is 19.0. The van der Waals surface area contributed by atoms with Crippen LogP contribution in [0.5, 0.6) is 5.75 Å². The quantitative estimate of drug-likeness (QED) is 0.506. The third-order valence-electron chi connectivity index (χ3n) is 6.52. The minimum absolute atomic E-state index is 0.317. The van der Waals surface area contributed by atoms with Crippen LogP contribution in [0.15, 0.2) is 72.9 Å². The molecule has 3 heterocycles. The van der Waals surface area contributed by atoms with E-state index in [2.05, 4.69) is 22.0 Å². The molecule has 176 valence electrons. The molecule has 2 aliphatic heterocycles. The number of ether oxygens (including phenoxy) is 2. The molecule has 1 aromatic heterocycles. The van der Waals surface area contributed by atoms with Gasteiger partial charge in [0, 0.05) is 31.4 Å². The lowest BCUT2D eigenvalue weighted by Gasteiger charge is -2.25. The number of aromatic nitrogens is 1. The summed E-state index contributed by atoms with van der Waals surface area (Å²) in [6.45, 7) is 3.53. The monoisotopic (exact) mass is 461 g/mol. The van der Waals surface area contributed by atoms with E-state index < -0.39 is 5.60 Å². The maximum atomic E-state index is 13.3. The van der Waals surface area contributed by atoms with E-state index in [0.29, 0.717) is 18.8 Å². The normalized spacial score (nSPS) is 20.9. The topological polar surface area (TPSA) is 54.9 Å². The van der Waals surface area contributed by atoms with Crippen LogP contribution in [0, 0.1) is 5.82 Å². The van der Waals surface area contributed by atoms with E-state index in [0.717, 1.165) is 50.3 Å². The zero-order valence-electron chi connectivity index (χ0n) is 19.0. The summed E-state index contributed by atoms with van der Waals surface area (Å²) >= 11 is 0. The maximum absolute atomic E-state index is 13.3. The van der Waals surface area contributed by atoms with Gasteiger partial charge in [0.15, 0.2) is 0 Å². The van der Waals surface area contributed by atoms with Crippen molar-refractivity contribution in [1.82, 2.24) is 9.88 Å². The van der Waals surface area contributed by atoms with E-state index in [1.807, 2.05) is 30.3 Å². The van der Waals surface area contributed by atoms with Gasteiger partial charge in [-0.2, -0.15) is 0 Å². The lowest BCUT2D eigenvalue weighted by atomic mass is 9.95. The van der Waals surface area contributed by atoms with Gasteiger partial charge in [-0.1, -0.05) is 18.2 Å². The Labute approximate surface area is 198 Å². The first kappa shape index (κ1) is 22.3. The molecule has 1 atom stereocenters. The molecule has 0 radical (unpaired) electrons. The van der Waals surface area contributed by atoms with Crippen LogP contribution in [-0.4, -0.2) is 41.2 Å². The van der Waals surface area contributed by atoms with Crippen LogP contribution in [-0.2, 0) is 17.9 Å². The smallest absolute Gasteiger partial charge is 0.415 e. The van der Waals surface area contributed by atoms with Crippen LogP contribution in [0.3, 0.4) is 0 Å². The highest BCUT2D eigenvalue weighted by atomic mass is 19.1. The number of benzene rings is 2. The van der Waals surface area contributed by atoms with E-state index >= 15 is 0 Å². The Hall–Kier alpha value is -3.45. The van der Waals surface area contributed by atoms with E-state index in [-0.39, 0.29) is 11.9 Å². The number of nitrogens with zero attached hydrogens (tertiary/aromatic N) is 3. The number of rotatable bonds is 6. The van der Waals surface area contributed by atoms with Crippen molar-refractivity contribution >= 4 is 11.8 Å². The lowest BCUT2D eigenvalue weighted by Crippen LogP contribution is -2.36. The summed E-state index contributed by atoms with van der Waals surface area (Å²) in [5, 5.41) is 0. The van der Waals surface area contributed by atoms with Crippen molar-refractivity contribution < 1.29 is 18.7 Å². The summed E-state index contributed by atoms with van der Waals surface area (Å²) < 4.78 is 25.1. The number of amides is 1. The van der Waals surface area contributed by atoms with Crippen LogP contribution in [0.1, 0.15) is 30.5 Å². The molecule has 1 spiro atoms. The second kappa shape index (κ2) is 9.81. The van der Waals surface area contributed by atoms with Crippen LogP contribution in [0.4, 0.5) is 14.9 Å². The van der Waals surface area contributed by atoms with Gasteiger partial charge in [0.1, 0.15) is 23.8 Å². The van der Waals surface area contributed by atoms with E-state index in [4.69, 9.17) is 9.47 Å². The lowest BCUT2D eigenvalue weighted by molar-refractivity contribution is 0.0443. The van der Waals surface area contributed by atoms with E-state index in [1.54, 1.807) is 23.2 Å². The summed E-state index contributed by atoms with van der Waals surface area (Å²) in [7, 11) is 0. The number of likely N-dealkylation sites (tertiary alicyclic amines) is 1. The average molecular weight is 462 g/mol.